The zero-order chi connectivity index (χ0) is 18.5. The second-order valence-electron chi connectivity index (χ2n) is 6.43. The summed E-state index contributed by atoms with van der Waals surface area (Å²) in [6.45, 7) is 2.16. The summed E-state index contributed by atoms with van der Waals surface area (Å²) in [5, 5.41) is 13.1. The van der Waals surface area contributed by atoms with Gasteiger partial charge in [0, 0.05) is 24.4 Å². The van der Waals surface area contributed by atoms with Gasteiger partial charge in [0.25, 0.3) is 5.91 Å². The highest BCUT2D eigenvalue weighted by atomic mass is 16.5. The summed E-state index contributed by atoms with van der Waals surface area (Å²) in [7, 11) is 0. The number of nitrogens with one attached hydrogen (secondary N) is 3. The van der Waals surface area contributed by atoms with Crippen LogP contribution in [0.3, 0.4) is 0 Å². The lowest BCUT2D eigenvalue weighted by Crippen LogP contribution is -2.24. The van der Waals surface area contributed by atoms with Gasteiger partial charge in [-0.1, -0.05) is 30.3 Å². The quantitative estimate of drug-likeness (QED) is 0.624. The van der Waals surface area contributed by atoms with E-state index in [2.05, 4.69) is 25.8 Å². The van der Waals surface area contributed by atoms with Crippen molar-refractivity contribution in [3.05, 3.63) is 66.1 Å². The fourth-order valence-corrected chi connectivity index (χ4v) is 3.01. The van der Waals surface area contributed by atoms with Gasteiger partial charge in [0.1, 0.15) is 17.5 Å². The van der Waals surface area contributed by atoms with Gasteiger partial charge in [0.2, 0.25) is 0 Å². The van der Waals surface area contributed by atoms with Crippen molar-refractivity contribution in [3.63, 3.8) is 0 Å². The van der Waals surface area contributed by atoms with Crippen LogP contribution in [0.4, 0.5) is 0 Å². The molecule has 1 aliphatic heterocycles. The van der Waals surface area contributed by atoms with Crippen molar-refractivity contribution >= 4 is 5.91 Å². The number of nitrogens with zero attached hydrogens (tertiary/aromatic N) is 2. The summed E-state index contributed by atoms with van der Waals surface area (Å²) < 4.78 is 5.93. The minimum absolute atomic E-state index is 0.191. The highest BCUT2D eigenvalue weighted by Gasteiger charge is 2.16. The van der Waals surface area contributed by atoms with E-state index in [0.29, 0.717) is 12.2 Å². The van der Waals surface area contributed by atoms with Crippen LogP contribution in [-0.4, -0.2) is 40.3 Å². The second kappa shape index (κ2) is 8.01. The molecule has 0 radical (unpaired) electrons. The van der Waals surface area contributed by atoms with Crippen LogP contribution in [-0.2, 0) is 6.54 Å². The SMILES string of the molecule is O=C(NCc1cc(OC2CCNC2)ccn1)c1cc(-c2ccccc2)n[nH]1. The van der Waals surface area contributed by atoms with Gasteiger partial charge >= 0.3 is 0 Å². The molecule has 0 spiro atoms. The molecule has 7 heteroatoms. The molecule has 1 unspecified atom stereocenters. The lowest BCUT2D eigenvalue weighted by Gasteiger charge is -2.13. The number of amides is 1. The first kappa shape index (κ1) is 17.2. The van der Waals surface area contributed by atoms with Crippen LogP contribution in [0.5, 0.6) is 5.75 Å². The second-order valence-corrected chi connectivity index (χ2v) is 6.43. The zero-order valence-electron chi connectivity index (χ0n) is 14.8. The van der Waals surface area contributed by atoms with Gasteiger partial charge in [-0.15, -0.1) is 0 Å². The molecule has 1 aliphatic rings. The number of pyridine rings is 1. The lowest BCUT2D eigenvalue weighted by molar-refractivity contribution is 0.0945. The van der Waals surface area contributed by atoms with Crippen LogP contribution in [0.1, 0.15) is 22.6 Å². The van der Waals surface area contributed by atoms with Crippen LogP contribution >= 0.6 is 0 Å². The fraction of sp³-hybridized carbons (Fsp3) is 0.250. The first-order chi connectivity index (χ1) is 13.3. The normalized spacial score (nSPS) is 16.2. The summed E-state index contributed by atoms with van der Waals surface area (Å²) >= 11 is 0. The Kier molecular flexibility index (Phi) is 5.11. The van der Waals surface area contributed by atoms with Crippen molar-refractivity contribution in [1.29, 1.82) is 0 Å². The highest BCUT2D eigenvalue weighted by molar-refractivity contribution is 5.93. The number of H-pyrrole nitrogens is 1. The Morgan fingerprint density at radius 3 is 2.93 bits per heavy atom. The zero-order valence-corrected chi connectivity index (χ0v) is 14.8. The van der Waals surface area contributed by atoms with Crippen molar-refractivity contribution in [3.8, 4) is 17.0 Å². The van der Waals surface area contributed by atoms with E-state index in [0.717, 1.165) is 42.2 Å². The molecule has 1 saturated heterocycles. The maximum atomic E-state index is 12.4. The largest absolute Gasteiger partial charge is 0.489 e. The summed E-state index contributed by atoms with van der Waals surface area (Å²) in [5.74, 6) is 0.550. The standard InChI is InChI=1S/C20H21N5O2/c26-20(19-11-18(24-25-19)14-4-2-1-3-5-14)23-12-15-10-16(7-9-22-15)27-17-6-8-21-13-17/h1-5,7,9-11,17,21H,6,8,12-13H2,(H,23,26)(H,24,25). The van der Waals surface area contributed by atoms with Gasteiger partial charge in [0.05, 0.1) is 17.9 Å². The van der Waals surface area contributed by atoms with Crippen LogP contribution in [0.15, 0.2) is 54.7 Å². The molecule has 1 fully saturated rings. The number of carbonyl (C=O) groups is 1. The molecule has 3 heterocycles. The third kappa shape index (κ3) is 4.32. The third-order valence-electron chi connectivity index (χ3n) is 4.43. The number of benzene rings is 1. The molecule has 1 amide bonds. The van der Waals surface area contributed by atoms with E-state index in [1.54, 1.807) is 12.3 Å². The van der Waals surface area contributed by atoms with Gasteiger partial charge in [-0.05, 0) is 25.1 Å². The van der Waals surface area contributed by atoms with Gasteiger partial charge in [-0.25, -0.2) is 0 Å². The monoisotopic (exact) mass is 363 g/mol. The molecule has 2 aromatic heterocycles. The van der Waals surface area contributed by atoms with Crippen LogP contribution in [0.2, 0.25) is 0 Å². The Hall–Kier alpha value is -3.19. The summed E-state index contributed by atoms with van der Waals surface area (Å²) in [5.41, 5.74) is 2.85. The molecule has 0 saturated carbocycles. The van der Waals surface area contributed by atoms with Crippen molar-refractivity contribution < 1.29 is 9.53 Å². The molecule has 27 heavy (non-hydrogen) atoms. The van der Waals surface area contributed by atoms with E-state index < -0.39 is 0 Å². The van der Waals surface area contributed by atoms with Gasteiger partial charge in [0.15, 0.2) is 0 Å². The minimum Gasteiger partial charge on any atom is -0.489 e. The molecule has 3 aromatic rings. The molecule has 1 aromatic carbocycles. The van der Waals surface area contributed by atoms with Crippen LogP contribution < -0.4 is 15.4 Å². The Bertz CT molecular complexity index is 904. The maximum absolute atomic E-state index is 12.4. The van der Waals surface area contributed by atoms with Crippen molar-refractivity contribution in [2.45, 2.75) is 19.1 Å². The minimum atomic E-state index is -0.224. The molecule has 3 N–H and O–H groups in total. The average Bonchev–Trinajstić information content (AvgIpc) is 3.39. The first-order valence-corrected chi connectivity index (χ1v) is 8.99. The van der Waals surface area contributed by atoms with E-state index in [9.17, 15) is 4.79 Å². The number of aromatic amines is 1. The fourth-order valence-electron chi connectivity index (χ4n) is 3.01. The van der Waals surface area contributed by atoms with E-state index in [1.165, 1.54) is 0 Å². The van der Waals surface area contributed by atoms with Crippen LogP contribution in [0.25, 0.3) is 11.3 Å². The molecule has 0 bridgehead atoms. The number of aromatic nitrogens is 3. The molecule has 1 atom stereocenters. The molecule has 7 nitrogen and oxygen atoms in total. The molecular weight excluding hydrogens is 342 g/mol. The number of rotatable bonds is 6. The number of ether oxygens (including phenoxy) is 1. The summed E-state index contributed by atoms with van der Waals surface area (Å²) in [6, 6.07) is 15.2. The van der Waals surface area contributed by atoms with Crippen LogP contribution in [0, 0.1) is 0 Å². The number of hydrogen-bond acceptors (Lipinski definition) is 5. The average molecular weight is 363 g/mol. The van der Waals surface area contributed by atoms with Gasteiger partial charge in [-0.2, -0.15) is 5.10 Å². The lowest BCUT2D eigenvalue weighted by atomic mass is 10.1. The summed E-state index contributed by atoms with van der Waals surface area (Å²) in [6.07, 6.45) is 2.89. The van der Waals surface area contributed by atoms with Crippen molar-refractivity contribution in [2.24, 2.45) is 0 Å². The predicted octanol–water partition coefficient (Wildman–Crippen LogP) is 2.14. The maximum Gasteiger partial charge on any atom is 0.269 e. The molecule has 138 valence electrons. The summed E-state index contributed by atoms with van der Waals surface area (Å²) in [4.78, 5) is 16.7. The predicted molar refractivity (Wildman–Crippen MR) is 101 cm³/mol. The van der Waals surface area contributed by atoms with Gasteiger partial charge < -0.3 is 15.4 Å². The third-order valence-corrected chi connectivity index (χ3v) is 4.43. The highest BCUT2D eigenvalue weighted by Crippen LogP contribution is 2.17. The van der Waals surface area contributed by atoms with Gasteiger partial charge in [-0.3, -0.25) is 14.9 Å². The number of hydrogen-bond donors (Lipinski definition) is 3. The van der Waals surface area contributed by atoms with Crippen molar-refractivity contribution in [1.82, 2.24) is 25.8 Å². The first-order valence-electron chi connectivity index (χ1n) is 8.99. The topological polar surface area (TPSA) is 91.9 Å². The molecule has 0 aliphatic carbocycles. The van der Waals surface area contributed by atoms with E-state index >= 15 is 0 Å². The Morgan fingerprint density at radius 2 is 2.11 bits per heavy atom. The Labute approximate surface area is 157 Å². The number of carbonyl (C=O) groups excluding carboxylic acids is 1. The van der Waals surface area contributed by atoms with E-state index in [-0.39, 0.29) is 12.0 Å². The smallest absolute Gasteiger partial charge is 0.269 e. The Morgan fingerprint density at radius 1 is 1.22 bits per heavy atom. The molecule has 4 rings (SSSR count). The Balaban J connectivity index is 1.36. The van der Waals surface area contributed by atoms with Crippen molar-refractivity contribution in [2.75, 3.05) is 13.1 Å². The van der Waals surface area contributed by atoms with E-state index in [1.807, 2.05) is 42.5 Å². The molecular formula is C20H21N5O2. The van der Waals surface area contributed by atoms with E-state index in [4.69, 9.17) is 4.74 Å².